The number of ketones is 1. The molecule has 0 amide bonds. The third-order valence-corrected chi connectivity index (χ3v) is 10.9. The quantitative estimate of drug-likeness (QED) is 0.170. The summed E-state index contributed by atoms with van der Waals surface area (Å²) in [4.78, 5) is 37.5. The first-order valence-electron chi connectivity index (χ1n) is 21.3. The van der Waals surface area contributed by atoms with Crippen LogP contribution in [0.3, 0.4) is 0 Å². The largest absolute Gasteiger partial charge is 0.481 e. The van der Waals surface area contributed by atoms with Crippen molar-refractivity contribution in [2.75, 3.05) is 6.61 Å². The molecule has 354 valence electrons. The van der Waals surface area contributed by atoms with E-state index < -0.39 is 135 Å². The highest BCUT2D eigenvalue weighted by molar-refractivity contribution is 5.78. The van der Waals surface area contributed by atoms with Crippen molar-refractivity contribution in [3.63, 3.8) is 0 Å². The second-order valence-corrected chi connectivity index (χ2v) is 16.5. The number of esters is 1. The van der Waals surface area contributed by atoms with Crippen LogP contribution in [-0.2, 0) is 33.3 Å². The number of carbonyl (C=O) groups is 3. The molecule has 12 N–H and O–H groups in total. The summed E-state index contributed by atoms with van der Waals surface area (Å²) >= 11 is 0. The van der Waals surface area contributed by atoms with Gasteiger partial charge in [-0.25, -0.2) is 0 Å². The fourth-order valence-electron chi connectivity index (χ4n) is 7.34. The van der Waals surface area contributed by atoms with Gasteiger partial charge in [0.1, 0.15) is 23.9 Å². The van der Waals surface area contributed by atoms with Crippen LogP contribution in [0, 0.1) is 11.8 Å². The average Bonchev–Trinajstić information content (AvgIpc) is 3.18. The van der Waals surface area contributed by atoms with E-state index in [0.29, 0.717) is 0 Å². The van der Waals surface area contributed by atoms with Gasteiger partial charge < -0.3 is 75.7 Å². The number of aliphatic hydroxyl groups is 9. The van der Waals surface area contributed by atoms with Crippen LogP contribution in [0.4, 0.5) is 0 Å². The summed E-state index contributed by atoms with van der Waals surface area (Å²) < 4.78 is 22.7. The lowest BCUT2D eigenvalue weighted by Crippen LogP contribution is -2.59. The molecule has 3 aliphatic rings. The van der Waals surface area contributed by atoms with E-state index in [-0.39, 0.29) is 44.6 Å². The monoisotopic (exact) mass is 893 g/mol. The van der Waals surface area contributed by atoms with Crippen LogP contribution in [0.2, 0.25) is 0 Å². The maximum atomic E-state index is 12.7. The predicted octanol–water partition coefficient (Wildman–Crippen LogP) is 0.285. The molecule has 0 aromatic carbocycles. The lowest BCUT2D eigenvalue weighted by molar-refractivity contribution is -0.307. The lowest BCUT2D eigenvalue weighted by Gasteiger charge is -2.45. The molecule has 0 aliphatic carbocycles. The van der Waals surface area contributed by atoms with Crippen LogP contribution in [0.15, 0.2) is 85.1 Å². The molecule has 0 spiro atoms. The number of carboxylic acid groups (broad SMARTS) is 1. The van der Waals surface area contributed by atoms with Crippen molar-refractivity contribution in [1.29, 1.82) is 0 Å². The van der Waals surface area contributed by atoms with E-state index in [9.17, 15) is 65.4 Å². The fraction of sp³-hybridized carbons (Fsp3) is 0.622. The molecule has 7 unspecified atom stereocenters. The Kier molecular flexibility index (Phi) is 22.9. The third kappa shape index (κ3) is 19.1. The Hall–Kier alpha value is -3.73. The molecule has 0 radical (unpaired) electrons. The molecule has 18 nitrogen and oxygen atoms in total. The van der Waals surface area contributed by atoms with Crippen LogP contribution in [0.1, 0.15) is 71.6 Å². The minimum absolute atomic E-state index is 0.135. The van der Waals surface area contributed by atoms with Gasteiger partial charge in [-0.15, -0.1) is 0 Å². The summed E-state index contributed by atoms with van der Waals surface area (Å²) in [6.07, 6.45) is 4.83. The molecule has 0 saturated carbocycles. The lowest BCUT2D eigenvalue weighted by atomic mass is 9.82. The Balaban J connectivity index is 1.83. The van der Waals surface area contributed by atoms with E-state index in [0.717, 1.165) is 0 Å². The van der Waals surface area contributed by atoms with Gasteiger partial charge in [0, 0.05) is 50.9 Å². The number of cyclic esters (lactones) is 1. The van der Waals surface area contributed by atoms with Crippen molar-refractivity contribution >= 4 is 17.7 Å². The number of carboxylic acids is 1. The van der Waals surface area contributed by atoms with Crippen LogP contribution >= 0.6 is 0 Å². The Morgan fingerprint density at radius 3 is 1.87 bits per heavy atom. The maximum Gasteiger partial charge on any atom is 0.311 e. The Morgan fingerprint density at radius 1 is 0.714 bits per heavy atom. The molecule has 63 heavy (non-hydrogen) atoms. The molecule has 0 aromatic rings. The molecular weight excluding hydrogens is 826 g/mol. The summed E-state index contributed by atoms with van der Waals surface area (Å²) in [5.41, 5.74) is 5.92. The molecular formula is C45H67NO17. The number of aliphatic hydroxyl groups excluding tert-OH is 8. The predicted molar refractivity (Wildman–Crippen MR) is 227 cm³/mol. The minimum Gasteiger partial charge on any atom is -0.481 e. The number of ether oxygens (including phenoxy) is 4. The second-order valence-electron chi connectivity index (χ2n) is 16.5. The van der Waals surface area contributed by atoms with Gasteiger partial charge >= 0.3 is 11.9 Å². The first kappa shape index (κ1) is 53.6. The highest BCUT2D eigenvalue weighted by Gasteiger charge is 2.51. The van der Waals surface area contributed by atoms with Crippen LogP contribution in [-0.4, -0.2) is 161 Å². The normalized spacial score (nSPS) is 43.0. The number of rotatable bonds is 3. The van der Waals surface area contributed by atoms with Crippen molar-refractivity contribution in [3.05, 3.63) is 85.1 Å². The maximum absolute atomic E-state index is 12.7. The molecule has 3 rings (SSSR count). The number of hydrogen-bond donors (Lipinski definition) is 11. The summed E-state index contributed by atoms with van der Waals surface area (Å²) in [6, 6.07) is -1.13. The van der Waals surface area contributed by atoms with Crippen LogP contribution in [0.5, 0.6) is 0 Å². The smallest absolute Gasteiger partial charge is 0.311 e. The summed E-state index contributed by atoms with van der Waals surface area (Å²) in [7, 11) is 0. The number of Topliss-reactive ketones (excluding diaryl/α,β-unsaturated/α-hetero) is 1. The molecule has 3 aliphatic heterocycles. The zero-order valence-electron chi connectivity index (χ0n) is 35.7. The number of carbonyl (C=O) groups excluding carboxylic acids is 2. The first-order chi connectivity index (χ1) is 29.8. The summed E-state index contributed by atoms with van der Waals surface area (Å²) in [5, 5.41) is 106. The van der Waals surface area contributed by atoms with E-state index in [1.807, 2.05) is 6.92 Å². The van der Waals surface area contributed by atoms with Gasteiger partial charge in [-0.05, 0) is 13.3 Å². The molecule has 2 fully saturated rings. The number of hydrogen-bond acceptors (Lipinski definition) is 17. The van der Waals surface area contributed by atoms with Crippen molar-refractivity contribution in [2.45, 2.75) is 157 Å². The summed E-state index contributed by atoms with van der Waals surface area (Å²) in [6.45, 7) is 3.15. The van der Waals surface area contributed by atoms with Gasteiger partial charge in [-0.3, -0.25) is 14.4 Å². The minimum atomic E-state index is -2.37. The third-order valence-electron chi connectivity index (χ3n) is 10.9. The van der Waals surface area contributed by atoms with Gasteiger partial charge in [-0.2, -0.15) is 0 Å². The van der Waals surface area contributed by atoms with E-state index in [2.05, 4.69) is 0 Å². The van der Waals surface area contributed by atoms with Crippen molar-refractivity contribution in [3.8, 4) is 0 Å². The highest BCUT2D eigenvalue weighted by atomic mass is 16.7. The Labute approximate surface area is 367 Å². The topological polar surface area (TPSA) is 316 Å². The number of aliphatic carboxylic acids is 1. The molecule has 16 atom stereocenters. The van der Waals surface area contributed by atoms with Gasteiger partial charge in [-0.1, -0.05) is 92.0 Å². The molecule has 2 saturated heterocycles. The molecule has 0 aromatic heterocycles. The van der Waals surface area contributed by atoms with Crippen molar-refractivity contribution in [2.24, 2.45) is 17.6 Å². The standard InChI is InChI=1S/C45H67NO17/c1-27-15-13-11-9-7-5-3-4-6-8-10-12-14-16-32(62-44-42(56)41(46)37(54)26-60-44)23-38-40(43(57)58)36(53)25-45(59,63-38)24-35(52)33(50)18-17-29(47)20-30(48)21-31(49)22-39(55)61-28(2)19-34(27)51/h3-16,27-28,30-38,40-42,44,48-54,56,59H,17-26,46H2,1-2H3,(H,57,58)/b4-3+,7-5+,8-6+,11-9+,12-10+,15-13+,16-14+/t27-,28-,30?,31?,32?,33?,34-,35?,36-,37+,38-,40+,41-,42-,44?,45?/m0/s1. The van der Waals surface area contributed by atoms with Gasteiger partial charge in [0.15, 0.2) is 12.1 Å². The van der Waals surface area contributed by atoms with E-state index in [1.165, 1.54) is 6.08 Å². The Bertz CT molecular complexity index is 1640. The average molecular weight is 894 g/mol. The van der Waals surface area contributed by atoms with Crippen molar-refractivity contribution < 1.29 is 84.4 Å². The van der Waals surface area contributed by atoms with Gasteiger partial charge in [0.05, 0.1) is 74.0 Å². The van der Waals surface area contributed by atoms with Crippen molar-refractivity contribution in [1.82, 2.24) is 0 Å². The van der Waals surface area contributed by atoms with E-state index in [1.54, 1.807) is 85.9 Å². The summed E-state index contributed by atoms with van der Waals surface area (Å²) in [5.74, 6) is -7.00. The number of nitrogens with two attached hydrogens (primary N) is 1. The zero-order valence-corrected chi connectivity index (χ0v) is 35.7. The molecule has 18 heteroatoms. The first-order valence-corrected chi connectivity index (χ1v) is 21.3. The van der Waals surface area contributed by atoms with Gasteiger partial charge in [0.2, 0.25) is 0 Å². The van der Waals surface area contributed by atoms with Crippen LogP contribution < -0.4 is 5.73 Å². The zero-order chi connectivity index (χ0) is 46.7. The SMILES string of the molecule is C[C@H]1C[C@H](O)[C@@H](C)/C=C/C=C/C=C/C=C/C=C/C=C/C=C/C(OC2OC[C@@H](O)[C@H](N)[C@@H]2O)C[C@@H]2OC(O)(CC(O)C(O)CCC(=O)CC(O)CC(O)CC(=O)O1)C[C@H](O)[C@H]2C(=O)O. The Morgan fingerprint density at radius 2 is 1.27 bits per heavy atom. The van der Waals surface area contributed by atoms with E-state index >= 15 is 0 Å². The van der Waals surface area contributed by atoms with E-state index in [4.69, 9.17) is 24.7 Å². The van der Waals surface area contributed by atoms with Crippen LogP contribution in [0.25, 0.3) is 0 Å². The second kappa shape index (κ2) is 26.9. The number of allylic oxidation sites excluding steroid dienone is 12. The fourth-order valence-corrected chi connectivity index (χ4v) is 7.34. The molecule has 3 heterocycles. The highest BCUT2D eigenvalue weighted by Crippen LogP contribution is 2.38. The number of fused-ring (bicyclic) bond motifs is 2. The molecule has 2 bridgehead atoms. The van der Waals surface area contributed by atoms with Gasteiger partial charge in [0.25, 0.3) is 0 Å².